The lowest BCUT2D eigenvalue weighted by Crippen LogP contribution is -2.49. The summed E-state index contributed by atoms with van der Waals surface area (Å²) in [4.78, 5) is 19.1. The summed E-state index contributed by atoms with van der Waals surface area (Å²) in [5.41, 5.74) is 0. The third-order valence-electron chi connectivity index (χ3n) is 5.11. The summed E-state index contributed by atoms with van der Waals surface area (Å²) < 4.78 is 12.1. The molecule has 0 saturated carbocycles. The van der Waals surface area contributed by atoms with Crippen LogP contribution < -0.4 is 0 Å². The fourth-order valence-corrected chi connectivity index (χ4v) is 4.61. The molecule has 1 unspecified atom stereocenters. The third-order valence-corrected chi connectivity index (χ3v) is 6.56. The number of hydrogen-bond acceptors (Lipinski definition) is 2. The van der Waals surface area contributed by atoms with Crippen molar-refractivity contribution in [2.45, 2.75) is 102 Å². The van der Waals surface area contributed by atoms with Gasteiger partial charge in [0.25, 0.3) is 0 Å². The quantitative estimate of drug-likeness (QED) is 0.117. The van der Waals surface area contributed by atoms with Crippen LogP contribution in [-0.2, 0) is 4.57 Å². The molecule has 168 valence electrons. The molecule has 0 rings (SSSR count). The van der Waals surface area contributed by atoms with Crippen molar-refractivity contribution >= 4 is 7.60 Å². The normalized spacial score (nSPS) is 15.2. The number of aliphatic hydroxyl groups is 1. The first kappa shape index (κ1) is 27.8. The summed E-state index contributed by atoms with van der Waals surface area (Å²) in [6.07, 6.45) is 20.0. The standard InChI is InChI=1S/C22H46NO4P/c1-5-6-7-8-9-10-11-12-13-14-15-16-17-18-19-20-22(24,28(25,26)27)21-23(2,3)4/h9-10,24H,5-8,11-21H2,1-4H3,(H-,25,26,27)/p+1/b10-9-. The number of likely N-dealkylation sites (N-methyl/N-ethyl adjacent to an activating group) is 1. The lowest BCUT2D eigenvalue weighted by atomic mass is 10.0. The van der Waals surface area contributed by atoms with Gasteiger partial charge in [-0.05, 0) is 38.5 Å². The van der Waals surface area contributed by atoms with Crippen molar-refractivity contribution in [1.82, 2.24) is 0 Å². The Morgan fingerprint density at radius 1 is 0.786 bits per heavy atom. The lowest BCUT2D eigenvalue weighted by Gasteiger charge is -2.35. The lowest BCUT2D eigenvalue weighted by molar-refractivity contribution is -0.875. The van der Waals surface area contributed by atoms with Gasteiger partial charge in [-0.15, -0.1) is 0 Å². The highest BCUT2D eigenvalue weighted by atomic mass is 31.2. The highest BCUT2D eigenvalue weighted by molar-refractivity contribution is 7.53. The van der Waals surface area contributed by atoms with Crippen molar-refractivity contribution in [2.24, 2.45) is 0 Å². The van der Waals surface area contributed by atoms with E-state index in [0.717, 1.165) is 19.3 Å². The Morgan fingerprint density at radius 2 is 1.21 bits per heavy atom. The molecule has 6 heteroatoms. The van der Waals surface area contributed by atoms with Crippen LogP contribution in [0.25, 0.3) is 0 Å². The maximum atomic E-state index is 11.7. The van der Waals surface area contributed by atoms with Gasteiger partial charge in [0.1, 0.15) is 6.54 Å². The van der Waals surface area contributed by atoms with Crippen LogP contribution in [0.3, 0.4) is 0 Å². The molecular weight excluding hydrogens is 373 g/mol. The minimum atomic E-state index is -4.54. The Hall–Kier alpha value is -0.190. The molecule has 28 heavy (non-hydrogen) atoms. The summed E-state index contributed by atoms with van der Waals surface area (Å²) in [6.45, 7) is 2.29. The minimum Gasteiger partial charge on any atom is -0.373 e. The second kappa shape index (κ2) is 14.7. The smallest absolute Gasteiger partial charge is 0.362 e. The molecule has 0 bridgehead atoms. The van der Waals surface area contributed by atoms with E-state index in [0.29, 0.717) is 10.9 Å². The predicted molar refractivity (Wildman–Crippen MR) is 119 cm³/mol. The second-order valence-electron chi connectivity index (χ2n) is 9.31. The molecule has 0 radical (unpaired) electrons. The average Bonchev–Trinajstić information content (AvgIpc) is 2.56. The maximum absolute atomic E-state index is 11.7. The van der Waals surface area contributed by atoms with Crippen molar-refractivity contribution in [3.8, 4) is 0 Å². The number of nitrogens with zero attached hydrogens (tertiary/aromatic N) is 1. The Balaban J connectivity index is 3.73. The fraction of sp³-hybridized carbons (Fsp3) is 0.909. The highest BCUT2D eigenvalue weighted by Crippen LogP contribution is 2.52. The van der Waals surface area contributed by atoms with Crippen LogP contribution in [0.4, 0.5) is 0 Å². The first-order valence-corrected chi connectivity index (χ1v) is 12.9. The average molecular weight is 421 g/mol. The predicted octanol–water partition coefficient (Wildman–Crippen LogP) is 5.60. The van der Waals surface area contributed by atoms with Crippen LogP contribution in [0.5, 0.6) is 0 Å². The summed E-state index contributed by atoms with van der Waals surface area (Å²) >= 11 is 0. The Kier molecular flexibility index (Phi) is 14.6. The van der Waals surface area contributed by atoms with Gasteiger partial charge in [0, 0.05) is 0 Å². The molecule has 0 aliphatic carbocycles. The van der Waals surface area contributed by atoms with Crippen LogP contribution >= 0.6 is 7.60 Å². The molecule has 0 aromatic rings. The van der Waals surface area contributed by atoms with Gasteiger partial charge in [-0.25, -0.2) is 0 Å². The van der Waals surface area contributed by atoms with Crippen molar-refractivity contribution in [3.05, 3.63) is 12.2 Å². The van der Waals surface area contributed by atoms with E-state index in [2.05, 4.69) is 19.1 Å². The van der Waals surface area contributed by atoms with E-state index < -0.39 is 12.9 Å². The van der Waals surface area contributed by atoms with Gasteiger partial charge < -0.3 is 19.4 Å². The zero-order valence-corrected chi connectivity index (χ0v) is 19.8. The first-order chi connectivity index (χ1) is 13.0. The molecule has 0 aromatic carbocycles. The van der Waals surface area contributed by atoms with E-state index in [4.69, 9.17) is 0 Å². The molecule has 3 N–H and O–H groups in total. The number of rotatable bonds is 18. The van der Waals surface area contributed by atoms with E-state index in [1.165, 1.54) is 57.8 Å². The largest absolute Gasteiger partial charge is 0.373 e. The molecule has 0 aliphatic rings. The van der Waals surface area contributed by atoms with Gasteiger partial charge in [-0.2, -0.15) is 0 Å². The molecule has 5 nitrogen and oxygen atoms in total. The summed E-state index contributed by atoms with van der Waals surface area (Å²) in [5.74, 6) is 0. The van der Waals surface area contributed by atoms with E-state index >= 15 is 0 Å². The van der Waals surface area contributed by atoms with E-state index in [1.807, 2.05) is 21.1 Å². The molecule has 0 heterocycles. The molecule has 0 spiro atoms. The molecule has 0 saturated heterocycles. The van der Waals surface area contributed by atoms with E-state index in [1.54, 1.807) is 0 Å². The Bertz CT molecular complexity index is 456. The zero-order valence-electron chi connectivity index (χ0n) is 18.9. The van der Waals surface area contributed by atoms with Gasteiger partial charge in [-0.3, -0.25) is 4.57 Å². The molecule has 0 aromatic heterocycles. The number of allylic oxidation sites excluding steroid dienone is 2. The van der Waals surface area contributed by atoms with E-state index in [9.17, 15) is 19.5 Å². The van der Waals surface area contributed by atoms with Gasteiger partial charge in [0.05, 0.1) is 21.1 Å². The number of unbranched alkanes of at least 4 members (excludes halogenated alkanes) is 11. The van der Waals surface area contributed by atoms with Gasteiger partial charge in [0.15, 0.2) is 0 Å². The first-order valence-electron chi connectivity index (χ1n) is 11.3. The number of quaternary nitrogens is 1. The van der Waals surface area contributed by atoms with Crippen molar-refractivity contribution in [1.29, 1.82) is 0 Å². The van der Waals surface area contributed by atoms with Crippen molar-refractivity contribution in [3.63, 3.8) is 0 Å². The molecular formula is C22H47NO4P+. The highest BCUT2D eigenvalue weighted by Gasteiger charge is 2.48. The Morgan fingerprint density at radius 3 is 1.64 bits per heavy atom. The van der Waals surface area contributed by atoms with E-state index in [-0.39, 0.29) is 13.0 Å². The number of hydrogen-bond donors (Lipinski definition) is 3. The SMILES string of the molecule is CCCCC/C=C\CCCCCCCCCCC(O)(C[N+](C)(C)C)P(=O)(O)O. The fourth-order valence-electron chi connectivity index (χ4n) is 3.56. The van der Waals surface area contributed by atoms with Crippen LogP contribution in [0.15, 0.2) is 12.2 Å². The summed E-state index contributed by atoms with van der Waals surface area (Å²) in [7, 11) is 0.971. The monoisotopic (exact) mass is 420 g/mol. The van der Waals surface area contributed by atoms with Crippen molar-refractivity contribution in [2.75, 3.05) is 27.7 Å². The summed E-state index contributed by atoms with van der Waals surface area (Å²) in [6, 6.07) is 0. The van der Waals surface area contributed by atoms with Gasteiger partial charge in [0.2, 0.25) is 5.34 Å². The molecule has 0 aliphatic heterocycles. The topological polar surface area (TPSA) is 77.8 Å². The molecule has 0 fully saturated rings. The maximum Gasteiger partial charge on any atom is 0.362 e. The molecule has 1 atom stereocenters. The van der Waals surface area contributed by atoms with Gasteiger partial charge in [-0.1, -0.05) is 70.4 Å². The summed E-state index contributed by atoms with van der Waals surface area (Å²) in [5, 5.41) is 8.60. The van der Waals surface area contributed by atoms with Crippen molar-refractivity contribution < 1.29 is 23.9 Å². The van der Waals surface area contributed by atoms with Crippen LogP contribution in [-0.4, -0.2) is 52.4 Å². The molecule has 0 amide bonds. The Labute approximate surface area is 174 Å². The van der Waals surface area contributed by atoms with Crippen LogP contribution in [0, 0.1) is 0 Å². The second-order valence-corrected chi connectivity index (χ2v) is 11.2. The van der Waals surface area contributed by atoms with Crippen LogP contribution in [0.1, 0.15) is 96.8 Å². The minimum absolute atomic E-state index is 0.0598. The van der Waals surface area contributed by atoms with Crippen LogP contribution in [0.2, 0.25) is 0 Å². The zero-order chi connectivity index (χ0) is 21.5. The van der Waals surface area contributed by atoms with Gasteiger partial charge >= 0.3 is 7.60 Å². The third kappa shape index (κ3) is 14.8.